The standard InChI is InChI=1S/2C3H3NS.2N3.Pt/c2*1-2-5-3-4-1;2*1-3-2;/h2*1-3H;;;/q;;2*-1;+2. The van der Waals surface area contributed by atoms with Crippen LogP contribution in [0.4, 0.5) is 0 Å². The van der Waals surface area contributed by atoms with Crippen molar-refractivity contribution in [1.82, 2.24) is 9.97 Å². The van der Waals surface area contributed by atoms with Crippen LogP contribution in [0.3, 0.4) is 0 Å². The summed E-state index contributed by atoms with van der Waals surface area (Å²) in [4.78, 5) is 10.5. The van der Waals surface area contributed by atoms with Crippen molar-refractivity contribution in [1.29, 1.82) is 0 Å². The minimum Gasteiger partial charge on any atom is -0.373 e. The number of aromatic nitrogens is 2. The van der Waals surface area contributed by atoms with E-state index in [1.165, 1.54) is 9.82 Å². The number of hydrogen-bond donors (Lipinski definition) is 0. The van der Waals surface area contributed by atoms with E-state index in [1.54, 1.807) is 46.1 Å². The molecule has 0 aliphatic carbocycles. The summed E-state index contributed by atoms with van der Waals surface area (Å²) in [6, 6.07) is 0. The first-order chi connectivity index (χ1) is 7.83. The van der Waals surface area contributed by atoms with E-state index in [4.69, 9.17) is 22.1 Å². The van der Waals surface area contributed by atoms with Crippen molar-refractivity contribution < 1.29 is 21.1 Å². The van der Waals surface area contributed by atoms with Crippen LogP contribution in [0.5, 0.6) is 0 Å². The van der Waals surface area contributed by atoms with E-state index in [2.05, 4.69) is 9.97 Å². The predicted octanol–water partition coefficient (Wildman–Crippen LogP) is 4.02. The minimum atomic E-state index is 0. The number of rotatable bonds is 0. The van der Waals surface area contributed by atoms with Crippen LogP contribution in [0.15, 0.2) is 34.2 Å². The molecule has 0 bridgehead atoms. The van der Waals surface area contributed by atoms with E-state index in [9.17, 15) is 0 Å². The topological polar surface area (TPSA) is 143 Å². The summed E-state index contributed by atoms with van der Waals surface area (Å²) in [5.74, 6) is 0. The van der Waals surface area contributed by atoms with Gasteiger partial charge in [0.05, 0.1) is 11.0 Å². The molecule has 0 amide bonds. The predicted molar refractivity (Wildman–Crippen MR) is 64.4 cm³/mol. The van der Waals surface area contributed by atoms with Gasteiger partial charge in [-0.05, 0) is 0 Å². The van der Waals surface area contributed by atoms with Gasteiger partial charge < -0.3 is 22.1 Å². The summed E-state index contributed by atoms with van der Waals surface area (Å²) in [5, 5.41) is 3.86. The molecular formula is C6H6N8PtS2. The molecule has 11 heteroatoms. The molecule has 92 valence electrons. The molecule has 0 N–H and O–H groups in total. The third-order valence-corrected chi connectivity index (χ3v) is 1.74. The molecule has 0 spiro atoms. The Morgan fingerprint density at radius 1 is 0.765 bits per heavy atom. The Hall–Kier alpha value is -1.43. The maximum atomic E-state index is 6.75. The second kappa shape index (κ2) is 24.0. The Bertz CT molecular complexity index is 290. The fourth-order valence-electron chi connectivity index (χ4n) is 0.351. The number of nitrogens with zero attached hydrogens (tertiary/aromatic N) is 8. The molecule has 0 unspecified atom stereocenters. The van der Waals surface area contributed by atoms with Crippen molar-refractivity contribution in [2.75, 3.05) is 0 Å². The number of thiazole rings is 2. The van der Waals surface area contributed by atoms with E-state index >= 15 is 0 Å². The van der Waals surface area contributed by atoms with Gasteiger partial charge in [0.1, 0.15) is 0 Å². The molecule has 0 aliphatic rings. The molecular weight excluding hydrogens is 443 g/mol. The van der Waals surface area contributed by atoms with Gasteiger partial charge in [-0.3, -0.25) is 19.8 Å². The fourth-order valence-corrected chi connectivity index (χ4v) is 1.05. The summed E-state index contributed by atoms with van der Waals surface area (Å²) >= 11 is 3.20. The van der Waals surface area contributed by atoms with E-state index in [1.807, 2.05) is 10.8 Å². The molecule has 8 nitrogen and oxygen atoms in total. The summed E-state index contributed by atoms with van der Waals surface area (Å²) in [5.41, 5.74) is 30.6. The van der Waals surface area contributed by atoms with Crippen LogP contribution in [-0.2, 0) is 21.1 Å². The van der Waals surface area contributed by atoms with E-state index in [0.29, 0.717) is 0 Å². The van der Waals surface area contributed by atoms with Crippen LogP contribution in [0.2, 0.25) is 0 Å². The van der Waals surface area contributed by atoms with Gasteiger partial charge in [0.15, 0.2) is 0 Å². The van der Waals surface area contributed by atoms with Crippen molar-refractivity contribution in [3.8, 4) is 0 Å². The second-order valence-corrected chi connectivity index (χ2v) is 3.04. The van der Waals surface area contributed by atoms with Gasteiger partial charge in [-0.1, -0.05) is 0 Å². The molecule has 0 atom stereocenters. The second-order valence-electron chi connectivity index (χ2n) is 1.53. The van der Waals surface area contributed by atoms with Crippen LogP contribution >= 0.6 is 22.7 Å². The molecule has 17 heavy (non-hydrogen) atoms. The molecule has 0 aromatic carbocycles. The van der Waals surface area contributed by atoms with Gasteiger partial charge in [0, 0.05) is 23.2 Å². The first-order valence-electron chi connectivity index (χ1n) is 3.44. The SMILES string of the molecule is [N-]=[N+]=[N-].[N-]=[N+]=[N-].[Pt+2].c1cscn1.c1cscn1. The van der Waals surface area contributed by atoms with Gasteiger partial charge in [0.2, 0.25) is 0 Å². The van der Waals surface area contributed by atoms with Gasteiger partial charge in [-0.25, -0.2) is 0 Å². The van der Waals surface area contributed by atoms with Crippen LogP contribution in [-0.4, -0.2) is 9.97 Å². The van der Waals surface area contributed by atoms with E-state index in [0.717, 1.165) is 0 Å². The fraction of sp³-hybridized carbons (Fsp3) is 0. The van der Waals surface area contributed by atoms with Gasteiger partial charge in [0.25, 0.3) is 0 Å². The summed E-state index contributed by atoms with van der Waals surface area (Å²) in [7, 11) is 0. The van der Waals surface area contributed by atoms with Crippen LogP contribution < -0.4 is 0 Å². The maximum Gasteiger partial charge on any atom is 2.00 e. The van der Waals surface area contributed by atoms with E-state index in [-0.39, 0.29) is 21.1 Å². The molecule has 0 aliphatic heterocycles. The van der Waals surface area contributed by atoms with Crippen molar-refractivity contribution in [2.45, 2.75) is 0 Å². The molecule has 2 rings (SSSR count). The third-order valence-electron chi connectivity index (χ3n) is 0.694. The minimum absolute atomic E-state index is 0. The van der Waals surface area contributed by atoms with E-state index < -0.39 is 0 Å². The van der Waals surface area contributed by atoms with Crippen LogP contribution in [0.25, 0.3) is 31.9 Å². The van der Waals surface area contributed by atoms with Gasteiger partial charge >= 0.3 is 21.1 Å². The Balaban J connectivity index is -0.000000157. The quantitative estimate of drug-likeness (QED) is 0.340. The first kappa shape index (κ1) is 20.9. The molecule has 0 fully saturated rings. The third kappa shape index (κ3) is 31.3. The Kier molecular flexibility index (Phi) is 29.5. The molecule has 2 aromatic heterocycles. The van der Waals surface area contributed by atoms with Gasteiger partial charge in [-0.2, -0.15) is 0 Å². The average molecular weight is 449 g/mol. The first-order valence-corrected chi connectivity index (χ1v) is 5.33. The Labute approximate surface area is 119 Å². The molecule has 0 radical (unpaired) electrons. The van der Waals surface area contributed by atoms with Crippen molar-refractivity contribution in [2.24, 2.45) is 0 Å². The van der Waals surface area contributed by atoms with Gasteiger partial charge in [-0.15, -0.1) is 22.7 Å². The number of hydrogen-bond acceptors (Lipinski definition) is 4. The van der Waals surface area contributed by atoms with Crippen molar-refractivity contribution >= 4 is 22.7 Å². The molecule has 0 saturated carbocycles. The summed E-state index contributed by atoms with van der Waals surface area (Å²) < 4.78 is 0. The Morgan fingerprint density at radius 3 is 1.12 bits per heavy atom. The molecule has 2 heterocycles. The zero-order chi connectivity index (χ0) is 12.5. The van der Waals surface area contributed by atoms with Crippen molar-refractivity contribution in [3.63, 3.8) is 0 Å². The average Bonchev–Trinajstić information content (AvgIpc) is 3.00. The summed E-state index contributed by atoms with van der Waals surface area (Å²) in [6.07, 6.45) is 3.54. The zero-order valence-electron chi connectivity index (χ0n) is 8.17. The van der Waals surface area contributed by atoms with Crippen molar-refractivity contribution in [3.05, 3.63) is 66.1 Å². The Morgan fingerprint density at radius 2 is 1.06 bits per heavy atom. The van der Waals surface area contributed by atoms with Crippen LogP contribution in [0, 0.1) is 0 Å². The normalized spacial score (nSPS) is 5.65. The molecule has 2 aromatic rings. The summed E-state index contributed by atoms with van der Waals surface area (Å²) in [6.45, 7) is 0. The zero-order valence-corrected chi connectivity index (χ0v) is 12.1. The monoisotopic (exact) mass is 449 g/mol. The molecule has 0 saturated heterocycles. The largest absolute Gasteiger partial charge is 2.00 e. The smallest absolute Gasteiger partial charge is 0.373 e. The van der Waals surface area contributed by atoms with Crippen LogP contribution in [0.1, 0.15) is 0 Å². The maximum absolute atomic E-state index is 6.75.